The maximum absolute atomic E-state index is 12.1. The second-order valence-corrected chi connectivity index (χ2v) is 5.86. The van der Waals surface area contributed by atoms with E-state index in [4.69, 9.17) is 16.9 Å². The highest BCUT2D eigenvalue weighted by molar-refractivity contribution is 14.1. The van der Waals surface area contributed by atoms with Crippen LogP contribution in [-0.2, 0) is 4.79 Å². The molecule has 0 unspecified atom stereocenters. The summed E-state index contributed by atoms with van der Waals surface area (Å²) in [5.41, 5.74) is 1.43. The van der Waals surface area contributed by atoms with E-state index in [9.17, 15) is 4.79 Å². The third-order valence-electron chi connectivity index (χ3n) is 2.65. The second-order valence-electron chi connectivity index (χ2n) is 4.18. The van der Waals surface area contributed by atoms with Crippen LogP contribution in [0.4, 0.5) is 5.69 Å². The molecular formula is C16H10ClIN2O. The highest BCUT2D eigenvalue weighted by Gasteiger charge is 2.09. The quantitative estimate of drug-likeness (QED) is 0.462. The number of nitrogens with zero attached hydrogens (tertiary/aromatic N) is 1. The van der Waals surface area contributed by atoms with Crippen LogP contribution >= 0.6 is 34.2 Å². The van der Waals surface area contributed by atoms with Gasteiger partial charge < -0.3 is 5.32 Å². The number of benzene rings is 2. The standard InChI is InChI=1S/C16H10ClIN2O/c17-13-3-1-11(2-4-13)9-12(10-19)16(21)20-15-7-5-14(18)6-8-15/h1-9H,(H,20,21)/b12-9-. The Morgan fingerprint density at radius 2 is 1.76 bits per heavy atom. The number of carbonyl (C=O) groups excluding carboxylic acids is 1. The summed E-state index contributed by atoms with van der Waals surface area (Å²) in [6, 6.07) is 16.2. The minimum Gasteiger partial charge on any atom is -0.321 e. The number of hydrogen-bond acceptors (Lipinski definition) is 2. The third kappa shape index (κ3) is 4.59. The zero-order valence-electron chi connectivity index (χ0n) is 10.8. The van der Waals surface area contributed by atoms with Gasteiger partial charge in [0.05, 0.1) is 0 Å². The van der Waals surface area contributed by atoms with Crippen LogP contribution in [0.5, 0.6) is 0 Å². The SMILES string of the molecule is N#C/C(=C/c1ccc(Cl)cc1)C(=O)Nc1ccc(I)cc1. The minimum atomic E-state index is -0.436. The predicted molar refractivity (Wildman–Crippen MR) is 92.8 cm³/mol. The predicted octanol–water partition coefficient (Wildman–Crippen LogP) is 4.49. The van der Waals surface area contributed by atoms with E-state index in [1.54, 1.807) is 36.4 Å². The molecule has 0 saturated heterocycles. The fourth-order valence-corrected chi connectivity index (χ4v) is 2.09. The van der Waals surface area contributed by atoms with Gasteiger partial charge in [-0.2, -0.15) is 5.26 Å². The van der Waals surface area contributed by atoms with Crippen molar-refractivity contribution in [2.75, 3.05) is 5.32 Å². The van der Waals surface area contributed by atoms with Crippen molar-refractivity contribution < 1.29 is 4.79 Å². The lowest BCUT2D eigenvalue weighted by atomic mass is 10.1. The number of hydrogen-bond donors (Lipinski definition) is 1. The average molecular weight is 409 g/mol. The summed E-state index contributed by atoms with van der Waals surface area (Å²) in [4.78, 5) is 12.1. The maximum atomic E-state index is 12.1. The molecule has 1 N–H and O–H groups in total. The zero-order valence-corrected chi connectivity index (χ0v) is 13.7. The Morgan fingerprint density at radius 3 is 2.33 bits per heavy atom. The van der Waals surface area contributed by atoms with Gasteiger partial charge in [-0.15, -0.1) is 0 Å². The average Bonchev–Trinajstić information content (AvgIpc) is 2.49. The van der Waals surface area contributed by atoms with Crippen molar-refractivity contribution in [2.45, 2.75) is 0 Å². The molecule has 2 rings (SSSR count). The summed E-state index contributed by atoms with van der Waals surface area (Å²) in [6.45, 7) is 0. The number of carbonyl (C=O) groups is 1. The summed E-state index contributed by atoms with van der Waals surface area (Å²) in [5.74, 6) is -0.436. The van der Waals surface area contributed by atoms with Crippen LogP contribution in [0.15, 0.2) is 54.1 Å². The summed E-state index contributed by atoms with van der Waals surface area (Å²) in [5, 5.41) is 12.4. The Labute approximate surface area is 141 Å². The van der Waals surface area contributed by atoms with E-state index in [2.05, 4.69) is 27.9 Å². The van der Waals surface area contributed by atoms with E-state index in [1.165, 1.54) is 6.08 Å². The van der Waals surface area contributed by atoms with Crippen LogP contribution in [-0.4, -0.2) is 5.91 Å². The number of halogens is 2. The van der Waals surface area contributed by atoms with Gasteiger partial charge in [-0.25, -0.2) is 0 Å². The van der Waals surface area contributed by atoms with Gasteiger partial charge in [0.25, 0.3) is 5.91 Å². The summed E-state index contributed by atoms with van der Waals surface area (Å²) < 4.78 is 1.07. The number of amides is 1. The van der Waals surface area contributed by atoms with Crippen LogP contribution in [0.25, 0.3) is 6.08 Å². The van der Waals surface area contributed by atoms with Gasteiger partial charge in [-0.3, -0.25) is 4.79 Å². The molecule has 0 bridgehead atoms. The normalized spacial score (nSPS) is 10.8. The Bertz CT molecular complexity index is 715. The Hall–Kier alpha value is -1.84. The Kier molecular flexibility index (Phi) is 5.37. The molecule has 1 amide bonds. The topological polar surface area (TPSA) is 52.9 Å². The van der Waals surface area contributed by atoms with E-state index >= 15 is 0 Å². The van der Waals surface area contributed by atoms with E-state index in [1.807, 2.05) is 18.2 Å². The fraction of sp³-hybridized carbons (Fsp3) is 0. The van der Waals surface area contributed by atoms with Gasteiger partial charge in [-0.1, -0.05) is 23.7 Å². The molecule has 0 atom stereocenters. The van der Waals surface area contributed by atoms with Gasteiger partial charge in [0.15, 0.2) is 0 Å². The first-order chi connectivity index (χ1) is 10.1. The van der Waals surface area contributed by atoms with E-state index < -0.39 is 5.91 Å². The van der Waals surface area contributed by atoms with Crippen molar-refractivity contribution in [3.8, 4) is 6.07 Å². The molecule has 3 nitrogen and oxygen atoms in total. The molecule has 0 saturated carbocycles. The molecular weight excluding hydrogens is 399 g/mol. The summed E-state index contributed by atoms with van der Waals surface area (Å²) >= 11 is 7.98. The lowest BCUT2D eigenvalue weighted by molar-refractivity contribution is -0.112. The number of rotatable bonds is 3. The molecule has 0 spiro atoms. The van der Waals surface area contributed by atoms with Crippen molar-refractivity contribution in [1.82, 2.24) is 0 Å². The van der Waals surface area contributed by atoms with Crippen molar-refractivity contribution in [1.29, 1.82) is 5.26 Å². The zero-order chi connectivity index (χ0) is 15.2. The molecule has 21 heavy (non-hydrogen) atoms. The summed E-state index contributed by atoms with van der Waals surface area (Å²) in [7, 11) is 0. The first kappa shape index (κ1) is 15.5. The third-order valence-corrected chi connectivity index (χ3v) is 3.62. The second kappa shape index (κ2) is 7.25. The molecule has 0 radical (unpaired) electrons. The van der Waals surface area contributed by atoms with Crippen molar-refractivity contribution >= 4 is 51.9 Å². The molecule has 0 heterocycles. The monoisotopic (exact) mass is 408 g/mol. The van der Waals surface area contributed by atoms with E-state index in [0.29, 0.717) is 10.7 Å². The minimum absolute atomic E-state index is 0.0378. The number of nitriles is 1. The molecule has 0 aliphatic carbocycles. The molecule has 0 aliphatic rings. The van der Waals surface area contributed by atoms with Crippen molar-refractivity contribution in [3.05, 3.63) is 68.3 Å². The first-order valence-corrected chi connectivity index (χ1v) is 7.48. The molecule has 0 aliphatic heterocycles. The fourth-order valence-electron chi connectivity index (χ4n) is 1.61. The van der Waals surface area contributed by atoms with Gasteiger partial charge in [0.1, 0.15) is 11.6 Å². The van der Waals surface area contributed by atoms with Crippen LogP contribution in [0.2, 0.25) is 5.02 Å². The molecule has 0 fully saturated rings. The largest absolute Gasteiger partial charge is 0.321 e. The van der Waals surface area contributed by atoms with Gasteiger partial charge in [0, 0.05) is 14.3 Å². The molecule has 5 heteroatoms. The van der Waals surface area contributed by atoms with E-state index in [0.717, 1.165) is 9.13 Å². The van der Waals surface area contributed by atoms with Crippen LogP contribution in [0, 0.1) is 14.9 Å². The van der Waals surface area contributed by atoms with Crippen molar-refractivity contribution in [3.63, 3.8) is 0 Å². The lowest BCUT2D eigenvalue weighted by Crippen LogP contribution is -2.13. The van der Waals surface area contributed by atoms with Gasteiger partial charge in [-0.05, 0) is 70.6 Å². The van der Waals surface area contributed by atoms with Crippen LogP contribution in [0.1, 0.15) is 5.56 Å². The lowest BCUT2D eigenvalue weighted by Gasteiger charge is -2.04. The van der Waals surface area contributed by atoms with Gasteiger partial charge >= 0.3 is 0 Å². The van der Waals surface area contributed by atoms with Gasteiger partial charge in [0.2, 0.25) is 0 Å². The first-order valence-electron chi connectivity index (χ1n) is 6.03. The Balaban J connectivity index is 2.17. The smallest absolute Gasteiger partial charge is 0.266 e. The number of anilines is 1. The summed E-state index contributed by atoms with van der Waals surface area (Å²) in [6.07, 6.45) is 1.53. The molecule has 2 aromatic rings. The number of nitrogens with one attached hydrogen (secondary N) is 1. The van der Waals surface area contributed by atoms with Crippen molar-refractivity contribution in [2.24, 2.45) is 0 Å². The van der Waals surface area contributed by atoms with Crippen LogP contribution < -0.4 is 5.32 Å². The molecule has 104 valence electrons. The van der Waals surface area contributed by atoms with Crippen LogP contribution in [0.3, 0.4) is 0 Å². The highest BCUT2D eigenvalue weighted by atomic mass is 127. The maximum Gasteiger partial charge on any atom is 0.266 e. The highest BCUT2D eigenvalue weighted by Crippen LogP contribution is 2.15. The molecule has 2 aromatic carbocycles. The Morgan fingerprint density at radius 1 is 1.14 bits per heavy atom. The molecule has 0 aromatic heterocycles. The van der Waals surface area contributed by atoms with E-state index in [-0.39, 0.29) is 5.57 Å².